The number of amides is 2. The fourth-order valence-corrected chi connectivity index (χ4v) is 3.71. The summed E-state index contributed by atoms with van der Waals surface area (Å²) in [6.07, 6.45) is -0.933. The van der Waals surface area contributed by atoms with Gasteiger partial charge in [-0.2, -0.15) is 0 Å². The number of cyclic esters (lactones) is 1. The largest absolute Gasteiger partial charge is 0.480 e. The Bertz CT molecular complexity index is 904. The Kier molecular flexibility index (Phi) is 7.50. The van der Waals surface area contributed by atoms with Crippen LogP contribution in [0.15, 0.2) is 36.4 Å². The molecule has 11 heteroatoms. The van der Waals surface area contributed by atoms with E-state index < -0.39 is 18.2 Å². The molecule has 0 aliphatic carbocycles. The van der Waals surface area contributed by atoms with Crippen molar-refractivity contribution in [1.82, 2.24) is 5.32 Å². The predicted molar refractivity (Wildman–Crippen MR) is 113 cm³/mol. The molecule has 0 bridgehead atoms. The number of benzene rings is 1. The Hall–Kier alpha value is -2.82. The van der Waals surface area contributed by atoms with Crippen LogP contribution < -0.4 is 15.5 Å². The molecule has 3 rings (SSSR count). The second-order valence-corrected chi connectivity index (χ2v) is 8.07. The van der Waals surface area contributed by atoms with Gasteiger partial charge in [-0.15, -0.1) is 11.3 Å². The zero-order valence-corrected chi connectivity index (χ0v) is 17.4. The number of aliphatic carboxylic acids is 1. The topological polar surface area (TPSA) is 117 Å². The van der Waals surface area contributed by atoms with Gasteiger partial charge in [-0.05, 0) is 36.4 Å². The molecule has 2 amide bonds. The highest BCUT2D eigenvalue weighted by Crippen LogP contribution is 2.24. The standard InChI is InChI=1S/C19H20ClN3O6S/c20-16-6-5-15(30-16)18(26)22-9-14-10-23(19(27)29-14)13-3-1-12(2-4-13)21-7-8-28-11-17(24)25/h1-6,14,21H,7-11H2,(H,22,26)(H,24,25)/t14-/m0/s1. The van der Waals surface area contributed by atoms with E-state index in [0.29, 0.717) is 28.0 Å². The van der Waals surface area contributed by atoms with E-state index in [1.165, 1.54) is 16.2 Å². The molecule has 9 nitrogen and oxygen atoms in total. The molecule has 2 aromatic rings. The molecule has 1 aliphatic heterocycles. The van der Waals surface area contributed by atoms with Crippen LogP contribution >= 0.6 is 22.9 Å². The van der Waals surface area contributed by atoms with E-state index in [9.17, 15) is 14.4 Å². The third-order valence-electron chi connectivity index (χ3n) is 4.14. The lowest BCUT2D eigenvalue weighted by atomic mass is 10.2. The number of hydrogen-bond acceptors (Lipinski definition) is 7. The molecule has 3 N–H and O–H groups in total. The van der Waals surface area contributed by atoms with E-state index in [2.05, 4.69) is 10.6 Å². The quantitative estimate of drug-likeness (QED) is 0.473. The van der Waals surface area contributed by atoms with Gasteiger partial charge in [0, 0.05) is 17.9 Å². The number of nitrogens with zero attached hydrogens (tertiary/aromatic N) is 1. The zero-order valence-electron chi connectivity index (χ0n) is 15.8. The summed E-state index contributed by atoms with van der Waals surface area (Å²) in [5.74, 6) is -1.27. The molecule has 0 radical (unpaired) electrons. The predicted octanol–water partition coefficient (Wildman–Crippen LogP) is 2.67. The number of ether oxygens (including phenoxy) is 2. The van der Waals surface area contributed by atoms with Crippen molar-refractivity contribution < 1.29 is 29.0 Å². The van der Waals surface area contributed by atoms with Crippen LogP contribution in [0, 0.1) is 0 Å². The van der Waals surface area contributed by atoms with Crippen molar-refractivity contribution in [1.29, 1.82) is 0 Å². The molecule has 1 aromatic heterocycles. The lowest BCUT2D eigenvalue weighted by Crippen LogP contribution is -2.34. The van der Waals surface area contributed by atoms with E-state index in [0.717, 1.165) is 5.69 Å². The van der Waals surface area contributed by atoms with Crippen LogP contribution in [0.5, 0.6) is 0 Å². The van der Waals surface area contributed by atoms with Gasteiger partial charge < -0.3 is 25.2 Å². The smallest absolute Gasteiger partial charge is 0.414 e. The van der Waals surface area contributed by atoms with Gasteiger partial charge >= 0.3 is 12.1 Å². The second kappa shape index (κ2) is 10.3. The number of halogens is 1. The van der Waals surface area contributed by atoms with Gasteiger partial charge in [-0.1, -0.05) is 11.6 Å². The summed E-state index contributed by atoms with van der Waals surface area (Å²) in [5, 5.41) is 14.3. The highest BCUT2D eigenvalue weighted by molar-refractivity contribution is 7.18. The molecule has 1 atom stereocenters. The number of carbonyl (C=O) groups excluding carboxylic acids is 2. The van der Waals surface area contributed by atoms with Crippen LogP contribution in [-0.4, -0.2) is 62.0 Å². The van der Waals surface area contributed by atoms with Crippen LogP contribution in [-0.2, 0) is 14.3 Å². The van der Waals surface area contributed by atoms with E-state index >= 15 is 0 Å². The number of thiophene rings is 1. The normalized spacial score (nSPS) is 15.7. The van der Waals surface area contributed by atoms with Crippen molar-refractivity contribution in [3.05, 3.63) is 45.6 Å². The van der Waals surface area contributed by atoms with Gasteiger partial charge in [0.25, 0.3) is 5.91 Å². The number of anilines is 2. The SMILES string of the molecule is O=C(O)COCCNc1ccc(N2C[C@H](CNC(=O)c3ccc(Cl)s3)OC2=O)cc1. The molecule has 1 saturated heterocycles. The highest BCUT2D eigenvalue weighted by Gasteiger charge is 2.32. The number of carboxylic acid groups (broad SMARTS) is 1. The van der Waals surface area contributed by atoms with Gasteiger partial charge in [-0.3, -0.25) is 9.69 Å². The highest BCUT2D eigenvalue weighted by atomic mass is 35.5. The van der Waals surface area contributed by atoms with Crippen molar-refractivity contribution >= 4 is 52.3 Å². The third-order valence-corrected chi connectivity index (χ3v) is 5.37. The maximum Gasteiger partial charge on any atom is 0.414 e. The zero-order chi connectivity index (χ0) is 21.5. The van der Waals surface area contributed by atoms with Crippen molar-refractivity contribution in [2.75, 3.05) is 43.1 Å². The van der Waals surface area contributed by atoms with Crippen molar-refractivity contribution in [3.63, 3.8) is 0 Å². The lowest BCUT2D eigenvalue weighted by Gasteiger charge is -2.14. The Morgan fingerprint density at radius 2 is 2.03 bits per heavy atom. The van der Waals surface area contributed by atoms with E-state index in [-0.39, 0.29) is 25.7 Å². The van der Waals surface area contributed by atoms with Gasteiger partial charge in [0.2, 0.25) is 0 Å². The van der Waals surface area contributed by atoms with Gasteiger partial charge in [0.15, 0.2) is 0 Å². The molecule has 1 aromatic carbocycles. The lowest BCUT2D eigenvalue weighted by molar-refractivity contribution is -0.142. The van der Waals surface area contributed by atoms with Crippen molar-refractivity contribution in [2.24, 2.45) is 0 Å². The van der Waals surface area contributed by atoms with Crippen LogP contribution in [0.3, 0.4) is 0 Å². The molecule has 0 unspecified atom stereocenters. The van der Waals surface area contributed by atoms with E-state index in [4.69, 9.17) is 26.2 Å². The first-order valence-corrected chi connectivity index (χ1v) is 10.3. The maximum absolute atomic E-state index is 12.2. The molecule has 0 spiro atoms. The summed E-state index contributed by atoms with van der Waals surface area (Å²) in [6, 6.07) is 10.4. The molecular weight excluding hydrogens is 434 g/mol. The fraction of sp³-hybridized carbons (Fsp3) is 0.316. The van der Waals surface area contributed by atoms with Crippen LogP contribution in [0.1, 0.15) is 9.67 Å². The number of rotatable bonds is 10. The molecule has 160 valence electrons. The average Bonchev–Trinajstić information content (AvgIpc) is 3.32. The second-order valence-electron chi connectivity index (χ2n) is 6.35. The number of carbonyl (C=O) groups is 3. The molecule has 1 aliphatic rings. The number of hydrogen-bond donors (Lipinski definition) is 3. The fourth-order valence-electron chi connectivity index (χ4n) is 2.75. The summed E-state index contributed by atoms with van der Waals surface area (Å²) in [7, 11) is 0. The summed E-state index contributed by atoms with van der Waals surface area (Å²) >= 11 is 7.02. The molecule has 30 heavy (non-hydrogen) atoms. The van der Waals surface area contributed by atoms with Gasteiger partial charge in [0.05, 0.1) is 28.9 Å². The Labute approximate surface area is 181 Å². The molecule has 2 heterocycles. The minimum Gasteiger partial charge on any atom is -0.480 e. The van der Waals surface area contributed by atoms with Crippen molar-refractivity contribution in [3.8, 4) is 0 Å². The average molecular weight is 454 g/mol. The van der Waals surface area contributed by atoms with Crippen molar-refractivity contribution in [2.45, 2.75) is 6.10 Å². The maximum atomic E-state index is 12.2. The molecule has 1 fully saturated rings. The first-order valence-electron chi connectivity index (χ1n) is 9.07. The molecular formula is C19H20ClN3O6S. The number of nitrogens with one attached hydrogen (secondary N) is 2. The van der Waals surface area contributed by atoms with Gasteiger partial charge in [0.1, 0.15) is 12.7 Å². The van der Waals surface area contributed by atoms with E-state index in [1.807, 2.05) is 0 Å². The third kappa shape index (κ3) is 6.09. The van der Waals surface area contributed by atoms with Gasteiger partial charge in [-0.25, -0.2) is 9.59 Å². The van der Waals surface area contributed by atoms with Crippen LogP contribution in [0.4, 0.5) is 16.2 Å². The first kappa shape index (κ1) is 21.9. The van der Waals surface area contributed by atoms with Crippen LogP contribution in [0.2, 0.25) is 4.34 Å². The summed E-state index contributed by atoms with van der Waals surface area (Å²) in [4.78, 5) is 36.6. The summed E-state index contributed by atoms with van der Waals surface area (Å²) < 4.78 is 10.8. The van der Waals surface area contributed by atoms with E-state index in [1.54, 1.807) is 36.4 Å². The minimum absolute atomic E-state index is 0.201. The minimum atomic E-state index is -1.01. The number of carboxylic acids is 1. The summed E-state index contributed by atoms with van der Waals surface area (Å²) in [6.45, 7) is 0.903. The summed E-state index contributed by atoms with van der Waals surface area (Å²) in [5.41, 5.74) is 1.48. The van der Waals surface area contributed by atoms with Crippen LogP contribution in [0.25, 0.3) is 0 Å². The Morgan fingerprint density at radius 1 is 1.27 bits per heavy atom. The monoisotopic (exact) mass is 453 g/mol. The Balaban J connectivity index is 1.45. The Morgan fingerprint density at radius 3 is 2.70 bits per heavy atom. The molecule has 0 saturated carbocycles. The first-order chi connectivity index (χ1) is 14.4.